The third-order valence-electron chi connectivity index (χ3n) is 4.21. The van der Waals surface area contributed by atoms with Gasteiger partial charge >= 0.3 is 6.03 Å². The van der Waals surface area contributed by atoms with E-state index >= 15 is 0 Å². The third kappa shape index (κ3) is 3.03. The number of anilines is 1. The van der Waals surface area contributed by atoms with Gasteiger partial charge in [0.15, 0.2) is 0 Å². The number of hydrogen-bond acceptors (Lipinski definition) is 3. The number of nitrogens with one attached hydrogen (secondary N) is 2. The second-order valence-corrected chi connectivity index (χ2v) is 6.02. The van der Waals surface area contributed by atoms with Crippen LogP contribution in [0.15, 0.2) is 24.3 Å². The molecule has 2 fully saturated rings. The van der Waals surface area contributed by atoms with E-state index in [4.69, 9.17) is 5.26 Å². The van der Waals surface area contributed by atoms with Crippen molar-refractivity contribution in [2.45, 2.75) is 31.8 Å². The minimum absolute atomic E-state index is 0.117. The first kappa shape index (κ1) is 14.4. The molecular weight excluding hydrogens is 280 g/mol. The summed E-state index contributed by atoms with van der Waals surface area (Å²) in [6, 6.07) is 8.60. The molecule has 2 aliphatic rings. The Morgan fingerprint density at radius 2 is 2.23 bits per heavy atom. The van der Waals surface area contributed by atoms with Crippen LogP contribution in [0.4, 0.5) is 10.5 Å². The number of amides is 3. The lowest BCUT2D eigenvalue weighted by Gasteiger charge is -2.17. The highest BCUT2D eigenvalue weighted by Crippen LogP contribution is 2.37. The summed E-state index contributed by atoms with van der Waals surface area (Å²) in [6.07, 6.45) is 1.42. The summed E-state index contributed by atoms with van der Waals surface area (Å²) in [5.41, 5.74) is 1.05. The highest BCUT2D eigenvalue weighted by atomic mass is 16.2. The number of hydrogen-bond donors (Lipinski definition) is 2. The van der Waals surface area contributed by atoms with Gasteiger partial charge in [0.1, 0.15) is 0 Å². The molecule has 3 unspecified atom stereocenters. The molecule has 22 heavy (non-hydrogen) atoms. The zero-order valence-corrected chi connectivity index (χ0v) is 12.4. The Labute approximate surface area is 129 Å². The van der Waals surface area contributed by atoms with E-state index in [-0.39, 0.29) is 18.0 Å². The van der Waals surface area contributed by atoms with Crippen LogP contribution in [0.2, 0.25) is 0 Å². The summed E-state index contributed by atoms with van der Waals surface area (Å²) in [6.45, 7) is 2.72. The van der Waals surface area contributed by atoms with Crippen LogP contribution in [0.25, 0.3) is 0 Å². The molecule has 3 amide bonds. The Kier molecular flexibility index (Phi) is 3.72. The molecule has 114 valence electrons. The molecule has 0 aromatic heterocycles. The van der Waals surface area contributed by atoms with Gasteiger partial charge < -0.3 is 15.5 Å². The van der Waals surface area contributed by atoms with Gasteiger partial charge in [0, 0.05) is 24.7 Å². The molecule has 0 bridgehead atoms. The van der Waals surface area contributed by atoms with E-state index in [1.807, 2.05) is 11.0 Å². The highest BCUT2D eigenvalue weighted by molar-refractivity contribution is 5.90. The maximum absolute atomic E-state index is 12.0. The zero-order valence-electron chi connectivity index (χ0n) is 12.4. The van der Waals surface area contributed by atoms with Crippen molar-refractivity contribution in [3.05, 3.63) is 29.8 Å². The van der Waals surface area contributed by atoms with Crippen LogP contribution in [0.1, 0.15) is 25.3 Å². The van der Waals surface area contributed by atoms with Crippen LogP contribution in [-0.4, -0.2) is 35.5 Å². The fraction of sp³-hybridized carbons (Fsp3) is 0.438. The van der Waals surface area contributed by atoms with E-state index in [9.17, 15) is 9.59 Å². The van der Waals surface area contributed by atoms with Gasteiger partial charge in [-0.2, -0.15) is 5.26 Å². The van der Waals surface area contributed by atoms with Crippen molar-refractivity contribution >= 4 is 17.6 Å². The monoisotopic (exact) mass is 298 g/mol. The van der Waals surface area contributed by atoms with Gasteiger partial charge in [-0.3, -0.25) is 4.79 Å². The molecule has 1 aliphatic carbocycles. The average Bonchev–Trinajstić information content (AvgIpc) is 3.09. The summed E-state index contributed by atoms with van der Waals surface area (Å²) >= 11 is 0. The van der Waals surface area contributed by atoms with E-state index in [1.165, 1.54) is 0 Å². The van der Waals surface area contributed by atoms with Gasteiger partial charge in [-0.25, -0.2) is 4.79 Å². The minimum Gasteiger partial charge on any atom is -0.337 e. The summed E-state index contributed by atoms with van der Waals surface area (Å²) < 4.78 is 0. The number of nitrogens with zero attached hydrogens (tertiary/aromatic N) is 2. The maximum Gasteiger partial charge on any atom is 0.319 e. The van der Waals surface area contributed by atoms with Crippen LogP contribution in [0.5, 0.6) is 0 Å². The number of benzene rings is 1. The Balaban J connectivity index is 1.54. The number of carbonyl (C=O) groups is 2. The number of carbonyl (C=O) groups excluding carboxylic acids is 2. The van der Waals surface area contributed by atoms with Crippen LogP contribution < -0.4 is 10.6 Å². The summed E-state index contributed by atoms with van der Waals surface area (Å²) in [7, 11) is 0. The Morgan fingerprint density at radius 1 is 1.45 bits per heavy atom. The Bertz CT molecular complexity index is 652. The number of rotatable bonds is 3. The second kappa shape index (κ2) is 5.68. The Hall–Kier alpha value is -2.55. The smallest absolute Gasteiger partial charge is 0.319 e. The fourth-order valence-electron chi connectivity index (χ4n) is 2.90. The molecule has 1 aliphatic heterocycles. The van der Waals surface area contributed by atoms with Gasteiger partial charge in [-0.05, 0) is 30.5 Å². The molecular formula is C16H18N4O2. The second-order valence-electron chi connectivity index (χ2n) is 6.02. The van der Waals surface area contributed by atoms with E-state index in [0.717, 1.165) is 6.42 Å². The lowest BCUT2D eigenvalue weighted by molar-refractivity contribution is -0.128. The molecule has 3 atom stereocenters. The van der Waals surface area contributed by atoms with Crippen LogP contribution in [0, 0.1) is 17.2 Å². The van der Waals surface area contributed by atoms with Crippen LogP contribution in [0.3, 0.4) is 0 Å². The van der Waals surface area contributed by atoms with Crippen molar-refractivity contribution in [2.75, 3.05) is 11.9 Å². The normalized spacial score (nSPS) is 26.5. The third-order valence-corrected chi connectivity index (χ3v) is 4.21. The van der Waals surface area contributed by atoms with Gasteiger partial charge in [0.2, 0.25) is 5.91 Å². The standard InChI is InChI=1S/C16H18N4O2/c1-10-5-14(10)20-9-13(7-15(20)21)19-16(22)18-12-4-2-3-11(6-12)8-17/h2-4,6,10,13-14H,5,7,9H2,1H3,(H2,18,19,22). The van der Waals surface area contributed by atoms with Crippen LogP contribution in [-0.2, 0) is 4.79 Å². The van der Waals surface area contributed by atoms with Gasteiger partial charge in [0.25, 0.3) is 0 Å². The molecule has 1 saturated heterocycles. The van der Waals surface area contributed by atoms with E-state index < -0.39 is 0 Å². The van der Waals surface area contributed by atoms with Crippen molar-refractivity contribution in [1.29, 1.82) is 5.26 Å². The lowest BCUT2D eigenvalue weighted by atomic mass is 10.2. The first-order valence-corrected chi connectivity index (χ1v) is 7.44. The molecule has 6 heteroatoms. The molecule has 2 N–H and O–H groups in total. The molecule has 3 rings (SSSR count). The average molecular weight is 298 g/mol. The molecule has 1 heterocycles. The number of likely N-dealkylation sites (tertiary alicyclic amines) is 1. The van der Waals surface area contributed by atoms with Gasteiger partial charge in [-0.15, -0.1) is 0 Å². The minimum atomic E-state index is -0.349. The van der Waals surface area contributed by atoms with Crippen molar-refractivity contribution in [2.24, 2.45) is 5.92 Å². The van der Waals surface area contributed by atoms with Crippen LogP contribution >= 0.6 is 0 Å². The molecule has 1 aromatic rings. The summed E-state index contributed by atoms with van der Waals surface area (Å²) in [5, 5.41) is 14.4. The molecule has 0 radical (unpaired) electrons. The quantitative estimate of drug-likeness (QED) is 0.890. The van der Waals surface area contributed by atoms with Crippen molar-refractivity contribution in [3.8, 4) is 6.07 Å². The highest BCUT2D eigenvalue weighted by Gasteiger charge is 2.44. The van der Waals surface area contributed by atoms with Crippen molar-refractivity contribution in [1.82, 2.24) is 10.2 Å². The van der Waals surface area contributed by atoms with E-state index in [0.29, 0.717) is 36.2 Å². The fourth-order valence-corrected chi connectivity index (χ4v) is 2.90. The van der Waals surface area contributed by atoms with Gasteiger partial charge in [-0.1, -0.05) is 13.0 Å². The summed E-state index contributed by atoms with van der Waals surface area (Å²) in [5.74, 6) is 0.691. The van der Waals surface area contributed by atoms with Crippen molar-refractivity contribution < 1.29 is 9.59 Å². The maximum atomic E-state index is 12.0. The molecule has 1 aromatic carbocycles. The molecule has 0 spiro atoms. The Morgan fingerprint density at radius 3 is 2.91 bits per heavy atom. The SMILES string of the molecule is CC1CC1N1CC(NC(=O)Nc2cccc(C#N)c2)CC1=O. The molecule has 6 nitrogen and oxygen atoms in total. The van der Waals surface area contributed by atoms with E-state index in [1.54, 1.807) is 24.3 Å². The largest absolute Gasteiger partial charge is 0.337 e. The topological polar surface area (TPSA) is 85.2 Å². The molecule has 1 saturated carbocycles. The first-order chi connectivity index (χ1) is 10.6. The predicted molar refractivity (Wildman–Crippen MR) is 81.0 cm³/mol. The summed E-state index contributed by atoms with van der Waals surface area (Å²) in [4.78, 5) is 25.8. The zero-order chi connectivity index (χ0) is 15.7. The number of urea groups is 1. The van der Waals surface area contributed by atoms with Crippen molar-refractivity contribution in [3.63, 3.8) is 0 Å². The number of nitriles is 1. The first-order valence-electron chi connectivity index (χ1n) is 7.44. The van der Waals surface area contributed by atoms with E-state index in [2.05, 4.69) is 17.6 Å². The lowest BCUT2D eigenvalue weighted by Crippen LogP contribution is -2.40. The van der Waals surface area contributed by atoms with Gasteiger partial charge in [0.05, 0.1) is 17.7 Å². The predicted octanol–water partition coefficient (Wildman–Crippen LogP) is 1.69.